The van der Waals surface area contributed by atoms with Crippen LogP contribution in [0.25, 0.3) is 0 Å². The van der Waals surface area contributed by atoms with Gasteiger partial charge in [0.1, 0.15) is 29.0 Å². The highest BCUT2D eigenvalue weighted by Crippen LogP contribution is 2.37. The molecule has 4 aromatic rings. The molecule has 0 fully saturated rings. The number of rotatable bonds is 16. The van der Waals surface area contributed by atoms with Crippen LogP contribution in [0, 0.1) is 29.3 Å². The minimum Gasteiger partial charge on any atom is -0.490 e. The quantitative estimate of drug-likeness (QED) is 0.0538. The average Bonchev–Trinajstić information content (AvgIpc) is 3.04. The van der Waals surface area contributed by atoms with E-state index in [-0.39, 0.29) is 11.6 Å². The molecule has 0 heterocycles. The molecule has 4 rings (SSSR count). The third-order valence-electron chi connectivity index (χ3n) is 7.24. The Balaban J connectivity index is 0.000000693. The minimum atomic E-state index is -1.29. The zero-order valence-corrected chi connectivity index (χ0v) is 26.3. The van der Waals surface area contributed by atoms with Crippen LogP contribution in [-0.2, 0) is 0 Å². The van der Waals surface area contributed by atoms with Gasteiger partial charge in [0, 0.05) is 11.9 Å². The zero-order valence-electron chi connectivity index (χ0n) is 26.3. The van der Waals surface area contributed by atoms with E-state index in [2.05, 4.69) is 26.8 Å². The molecule has 0 aliphatic heterocycles. The summed E-state index contributed by atoms with van der Waals surface area (Å²) in [4.78, 5) is 0. The zero-order chi connectivity index (χ0) is 32.5. The van der Waals surface area contributed by atoms with Gasteiger partial charge in [-0.3, -0.25) is 4.48 Å². The van der Waals surface area contributed by atoms with E-state index in [9.17, 15) is 17.6 Å². The predicted molar refractivity (Wildman–Crippen MR) is 173 cm³/mol. The first kappa shape index (κ1) is 35.5. The Morgan fingerprint density at radius 3 is 1.38 bits per heavy atom. The van der Waals surface area contributed by atoms with Crippen molar-refractivity contribution in [2.45, 2.75) is 59.3 Å². The van der Waals surface area contributed by atoms with Gasteiger partial charge >= 0.3 is 7.32 Å². The van der Waals surface area contributed by atoms with Crippen molar-refractivity contribution in [2.24, 2.45) is 0 Å². The highest BCUT2D eigenvalue weighted by molar-refractivity contribution is 6.39. The van der Waals surface area contributed by atoms with Crippen LogP contribution in [0.4, 0.5) is 23.2 Å². The summed E-state index contributed by atoms with van der Waals surface area (Å²) in [5.41, 5.74) is 0.746. The Labute approximate surface area is 265 Å². The van der Waals surface area contributed by atoms with E-state index in [1.165, 1.54) is 78.9 Å². The first-order valence-electron chi connectivity index (χ1n) is 15.6. The third-order valence-corrected chi connectivity index (χ3v) is 7.24. The van der Waals surface area contributed by atoms with Crippen LogP contribution in [0.3, 0.4) is 0 Å². The van der Waals surface area contributed by atoms with Crippen molar-refractivity contribution in [3.8, 4) is 17.2 Å². The number of hydrogen-bond donors (Lipinski definition) is 0. The van der Waals surface area contributed by atoms with Crippen molar-refractivity contribution in [3.05, 3.63) is 120 Å². The summed E-state index contributed by atoms with van der Waals surface area (Å²) in [5, 5.41) is 0. The van der Waals surface area contributed by atoms with Crippen LogP contribution in [0.2, 0.25) is 0 Å². The van der Waals surface area contributed by atoms with Crippen molar-refractivity contribution in [3.63, 3.8) is 0 Å². The van der Waals surface area contributed by atoms with Crippen LogP contribution in [-0.4, -0.2) is 27.0 Å². The van der Waals surface area contributed by atoms with Crippen molar-refractivity contribution in [2.75, 3.05) is 19.6 Å². The van der Waals surface area contributed by atoms with Crippen LogP contribution < -0.4 is 18.4 Å². The minimum absolute atomic E-state index is 0.209. The summed E-state index contributed by atoms with van der Waals surface area (Å²) >= 11 is 0. The van der Waals surface area contributed by atoms with Crippen LogP contribution in [0.1, 0.15) is 59.3 Å². The highest BCUT2D eigenvalue weighted by atomic mass is 19.1. The van der Waals surface area contributed by atoms with Gasteiger partial charge in [-0.25, -0.2) is 17.6 Å². The average molecular weight is 624 g/mol. The van der Waals surface area contributed by atoms with E-state index < -0.39 is 19.0 Å². The molecule has 0 saturated heterocycles. The van der Waals surface area contributed by atoms with Crippen LogP contribution in [0.5, 0.6) is 17.2 Å². The standard InChI is InChI=1S/C30H38BF3NO3.C6H4F/c1-4-7-20-35(21-8-5-2,22-9-6-3)29-23-26(34)14-19-30(29)38-31(36-27-15-10-24(32)11-16-27)37-28-17-12-25(33)13-18-28;7-6-4-2-1-3-5-6/h10-19,23H,4-9,20-22H2,1-3H3;2-5H/q+1;-1. The number of halogens is 4. The lowest BCUT2D eigenvalue weighted by molar-refractivity contribution is 0.247. The summed E-state index contributed by atoms with van der Waals surface area (Å²) in [6, 6.07) is 24.0. The predicted octanol–water partition coefficient (Wildman–Crippen LogP) is 9.96. The Morgan fingerprint density at radius 1 is 0.556 bits per heavy atom. The molecule has 0 aromatic heterocycles. The van der Waals surface area contributed by atoms with Gasteiger partial charge in [0.15, 0.2) is 11.4 Å². The lowest BCUT2D eigenvalue weighted by Gasteiger charge is -2.39. The fourth-order valence-corrected chi connectivity index (χ4v) is 4.83. The van der Waals surface area contributed by atoms with Crippen molar-refractivity contribution in [1.29, 1.82) is 0 Å². The largest absolute Gasteiger partial charge is 0.864 e. The Bertz CT molecular complexity index is 1320. The Hall–Kier alpha value is -3.98. The molecule has 0 radical (unpaired) electrons. The fourth-order valence-electron chi connectivity index (χ4n) is 4.83. The summed E-state index contributed by atoms with van der Waals surface area (Å²) < 4.78 is 72.4. The van der Waals surface area contributed by atoms with E-state index >= 15 is 0 Å². The van der Waals surface area contributed by atoms with Crippen LogP contribution >= 0.6 is 0 Å². The number of quaternary nitrogens is 1. The first-order valence-corrected chi connectivity index (χ1v) is 15.6. The monoisotopic (exact) mass is 623 g/mol. The second kappa shape index (κ2) is 18.7. The molecule has 0 saturated carbocycles. The maximum atomic E-state index is 14.8. The number of benzene rings is 4. The molecule has 0 unspecified atom stereocenters. The van der Waals surface area contributed by atoms with Gasteiger partial charge in [-0.1, -0.05) is 40.0 Å². The molecule has 0 aliphatic rings. The molecule has 9 heteroatoms. The third kappa shape index (κ3) is 11.8. The van der Waals surface area contributed by atoms with Gasteiger partial charge in [-0.2, -0.15) is 18.2 Å². The van der Waals surface area contributed by atoms with E-state index in [4.69, 9.17) is 14.0 Å². The first-order chi connectivity index (χ1) is 21.8. The molecule has 0 bridgehead atoms. The van der Waals surface area contributed by atoms with E-state index in [0.717, 1.165) is 63.8 Å². The maximum absolute atomic E-state index is 14.8. The smallest absolute Gasteiger partial charge is 0.490 e. The van der Waals surface area contributed by atoms with E-state index in [0.29, 0.717) is 21.7 Å². The second-order valence-electron chi connectivity index (χ2n) is 10.8. The molecule has 4 aromatic carbocycles. The molecule has 0 spiro atoms. The lowest BCUT2D eigenvalue weighted by atomic mass is 10.1. The molecular formula is C36H42BF4NO3. The highest BCUT2D eigenvalue weighted by Gasteiger charge is 2.37. The molecular weight excluding hydrogens is 581 g/mol. The number of unbranched alkanes of at least 4 members (excludes halogenated alkanes) is 3. The summed E-state index contributed by atoms with van der Waals surface area (Å²) in [5.74, 6) is -0.255. The summed E-state index contributed by atoms with van der Waals surface area (Å²) in [7, 11) is -1.29. The normalized spacial score (nSPS) is 10.9. The Morgan fingerprint density at radius 2 is 0.978 bits per heavy atom. The van der Waals surface area contributed by atoms with E-state index in [1.807, 2.05) is 0 Å². The van der Waals surface area contributed by atoms with Gasteiger partial charge in [0.2, 0.25) is 0 Å². The molecule has 0 amide bonds. The Kier molecular flexibility index (Phi) is 14.8. The molecule has 45 heavy (non-hydrogen) atoms. The molecule has 0 aliphatic carbocycles. The topological polar surface area (TPSA) is 27.7 Å². The van der Waals surface area contributed by atoms with Gasteiger partial charge in [0.05, 0.1) is 19.6 Å². The maximum Gasteiger partial charge on any atom is 0.864 e. The molecule has 0 N–H and O–H groups in total. The van der Waals surface area contributed by atoms with E-state index in [1.54, 1.807) is 12.1 Å². The molecule has 0 atom stereocenters. The lowest BCUT2D eigenvalue weighted by Crippen LogP contribution is -2.52. The number of hydrogen-bond acceptors (Lipinski definition) is 3. The molecule has 240 valence electrons. The fraction of sp³-hybridized carbons (Fsp3) is 0.333. The van der Waals surface area contributed by atoms with Crippen molar-refractivity contribution in [1.82, 2.24) is 4.48 Å². The second-order valence-corrected chi connectivity index (χ2v) is 10.8. The summed E-state index contributed by atoms with van der Waals surface area (Å²) in [6.07, 6.45) is 6.04. The van der Waals surface area contributed by atoms with Gasteiger partial charge in [-0.15, -0.1) is 12.1 Å². The van der Waals surface area contributed by atoms with Gasteiger partial charge in [-0.05, 0) is 79.9 Å². The molecule has 4 nitrogen and oxygen atoms in total. The van der Waals surface area contributed by atoms with Gasteiger partial charge < -0.3 is 14.0 Å². The van der Waals surface area contributed by atoms with Crippen molar-refractivity contribution < 1.29 is 31.5 Å². The number of nitrogens with zero attached hydrogens (tertiary/aromatic N) is 1. The van der Waals surface area contributed by atoms with Gasteiger partial charge in [0.25, 0.3) is 0 Å². The summed E-state index contributed by atoms with van der Waals surface area (Å²) in [6.45, 7) is 9.04. The van der Waals surface area contributed by atoms with Crippen LogP contribution in [0.15, 0.2) is 91.0 Å². The van der Waals surface area contributed by atoms with Crippen molar-refractivity contribution >= 4 is 13.0 Å². The SMILES string of the molecule is CCCC[N+](CCCC)(CCCC)c1cc(F)ccc1OB(Oc1ccc(F)cc1)Oc1ccc(F)cc1.Fc1cc[c-]cc1.